The summed E-state index contributed by atoms with van der Waals surface area (Å²) in [6.45, 7) is 4.13. The van der Waals surface area contributed by atoms with Crippen molar-refractivity contribution in [2.45, 2.75) is 11.4 Å². The third-order valence-electron chi connectivity index (χ3n) is 3.45. The second kappa shape index (κ2) is 7.91. The molecular formula is C17H18N2O5S. The van der Waals surface area contributed by atoms with E-state index in [4.69, 9.17) is 4.74 Å². The summed E-state index contributed by atoms with van der Waals surface area (Å²) in [5.74, 6) is 0.671. The standard InChI is InChI=1S/C17H18N2O5S/c1-3-12-24-16-8-4-14(5-9-16)13-18(2)25(22,23)17-10-6-15(7-11-17)19(20)21/h3-11H,1,12-13H2,2H3. The summed E-state index contributed by atoms with van der Waals surface area (Å²) >= 11 is 0. The lowest BCUT2D eigenvalue weighted by Gasteiger charge is -2.17. The Balaban J connectivity index is 2.11. The maximum Gasteiger partial charge on any atom is 0.269 e. The molecule has 0 amide bonds. The molecule has 0 aromatic heterocycles. The van der Waals surface area contributed by atoms with Crippen molar-refractivity contribution in [3.8, 4) is 5.75 Å². The number of sulfonamides is 1. The summed E-state index contributed by atoms with van der Waals surface area (Å²) in [5, 5.41) is 10.7. The molecule has 0 saturated heterocycles. The number of nitrogens with zero attached hydrogens (tertiary/aromatic N) is 2. The van der Waals surface area contributed by atoms with Crippen molar-refractivity contribution in [2.24, 2.45) is 0 Å². The third kappa shape index (κ3) is 4.65. The zero-order valence-electron chi connectivity index (χ0n) is 13.7. The highest BCUT2D eigenvalue weighted by molar-refractivity contribution is 7.89. The molecule has 0 aliphatic rings. The van der Waals surface area contributed by atoms with Crippen LogP contribution in [-0.4, -0.2) is 31.3 Å². The molecule has 25 heavy (non-hydrogen) atoms. The van der Waals surface area contributed by atoms with E-state index in [9.17, 15) is 18.5 Å². The first-order valence-electron chi connectivity index (χ1n) is 7.38. The summed E-state index contributed by atoms with van der Waals surface area (Å²) in [5.41, 5.74) is 0.635. The van der Waals surface area contributed by atoms with Crippen molar-refractivity contribution < 1.29 is 18.1 Å². The van der Waals surface area contributed by atoms with Gasteiger partial charge < -0.3 is 4.74 Å². The van der Waals surface area contributed by atoms with Gasteiger partial charge in [-0.15, -0.1) is 0 Å². The molecule has 0 bridgehead atoms. The van der Waals surface area contributed by atoms with Crippen LogP contribution in [0.15, 0.2) is 66.1 Å². The number of rotatable bonds is 8. The number of nitro benzene ring substituents is 1. The van der Waals surface area contributed by atoms with Crippen LogP contribution in [-0.2, 0) is 16.6 Å². The molecule has 0 spiro atoms. The molecule has 0 aliphatic carbocycles. The summed E-state index contributed by atoms with van der Waals surface area (Å²) in [6, 6.07) is 11.9. The van der Waals surface area contributed by atoms with Gasteiger partial charge in [0.05, 0.1) is 9.82 Å². The minimum atomic E-state index is -3.74. The Labute approximate surface area is 146 Å². The quantitative estimate of drug-likeness (QED) is 0.409. The van der Waals surface area contributed by atoms with Crippen molar-refractivity contribution >= 4 is 15.7 Å². The van der Waals surface area contributed by atoms with Crippen LogP contribution in [0.1, 0.15) is 5.56 Å². The number of non-ortho nitro benzene ring substituents is 1. The van der Waals surface area contributed by atoms with Crippen molar-refractivity contribution in [2.75, 3.05) is 13.7 Å². The van der Waals surface area contributed by atoms with E-state index in [1.165, 1.54) is 35.6 Å². The molecule has 0 saturated carbocycles. The smallest absolute Gasteiger partial charge is 0.269 e. The van der Waals surface area contributed by atoms with Crippen molar-refractivity contribution in [3.05, 3.63) is 76.9 Å². The molecule has 132 valence electrons. The zero-order valence-corrected chi connectivity index (χ0v) is 14.5. The number of hydrogen-bond donors (Lipinski definition) is 0. The lowest BCUT2D eigenvalue weighted by atomic mass is 10.2. The first kappa shape index (κ1) is 18.6. The fourth-order valence-corrected chi connectivity index (χ4v) is 3.27. The van der Waals surface area contributed by atoms with E-state index in [1.807, 2.05) is 0 Å². The molecule has 0 unspecified atom stereocenters. The molecule has 7 nitrogen and oxygen atoms in total. The highest BCUT2D eigenvalue weighted by atomic mass is 32.2. The Bertz CT molecular complexity index is 846. The Morgan fingerprint density at radius 2 is 1.76 bits per heavy atom. The van der Waals surface area contributed by atoms with E-state index in [1.54, 1.807) is 30.3 Å². The third-order valence-corrected chi connectivity index (χ3v) is 5.27. The lowest BCUT2D eigenvalue weighted by Crippen LogP contribution is -2.26. The van der Waals surface area contributed by atoms with E-state index < -0.39 is 14.9 Å². The summed E-state index contributed by atoms with van der Waals surface area (Å²) in [6.07, 6.45) is 1.64. The first-order chi connectivity index (χ1) is 11.8. The fraction of sp³-hybridized carbons (Fsp3) is 0.176. The molecule has 0 radical (unpaired) electrons. The highest BCUT2D eigenvalue weighted by Gasteiger charge is 2.21. The fourth-order valence-electron chi connectivity index (χ4n) is 2.11. The molecule has 2 rings (SSSR count). The van der Waals surface area contributed by atoms with E-state index in [0.717, 1.165) is 5.56 Å². The monoisotopic (exact) mass is 362 g/mol. The highest BCUT2D eigenvalue weighted by Crippen LogP contribution is 2.21. The molecular weight excluding hydrogens is 344 g/mol. The van der Waals surface area contributed by atoms with Gasteiger partial charge in [0.1, 0.15) is 12.4 Å². The van der Waals surface area contributed by atoms with Gasteiger partial charge >= 0.3 is 0 Å². The van der Waals surface area contributed by atoms with Crippen LogP contribution in [0.25, 0.3) is 0 Å². The Morgan fingerprint density at radius 3 is 2.28 bits per heavy atom. The molecule has 0 atom stereocenters. The maximum absolute atomic E-state index is 12.5. The van der Waals surface area contributed by atoms with Crippen LogP contribution in [0.4, 0.5) is 5.69 Å². The van der Waals surface area contributed by atoms with Crippen LogP contribution >= 0.6 is 0 Å². The number of hydrogen-bond acceptors (Lipinski definition) is 5. The predicted molar refractivity (Wildman–Crippen MR) is 93.9 cm³/mol. The number of nitro groups is 1. The minimum absolute atomic E-state index is 0.00605. The van der Waals surface area contributed by atoms with Crippen LogP contribution in [0.2, 0.25) is 0 Å². The minimum Gasteiger partial charge on any atom is -0.490 e. The van der Waals surface area contributed by atoms with Gasteiger partial charge in [0.25, 0.3) is 5.69 Å². The molecule has 8 heteroatoms. The van der Waals surface area contributed by atoms with Gasteiger partial charge in [-0.05, 0) is 29.8 Å². The average molecular weight is 362 g/mol. The number of ether oxygens (including phenoxy) is 1. The predicted octanol–water partition coefficient (Wildman–Crippen LogP) is 2.98. The van der Waals surface area contributed by atoms with Crippen molar-refractivity contribution in [3.63, 3.8) is 0 Å². The second-order valence-electron chi connectivity index (χ2n) is 5.26. The van der Waals surface area contributed by atoms with Crippen LogP contribution in [0.5, 0.6) is 5.75 Å². The van der Waals surface area contributed by atoms with Gasteiger partial charge in [0.15, 0.2) is 0 Å². The average Bonchev–Trinajstić information content (AvgIpc) is 2.61. The SMILES string of the molecule is C=CCOc1ccc(CN(C)S(=O)(=O)c2ccc([N+](=O)[O-])cc2)cc1. The zero-order chi connectivity index (χ0) is 18.4. The second-order valence-corrected chi connectivity index (χ2v) is 7.30. The topological polar surface area (TPSA) is 89.8 Å². The molecule has 0 N–H and O–H groups in total. The van der Waals surface area contributed by atoms with Crippen molar-refractivity contribution in [1.29, 1.82) is 0 Å². The Hall–Kier alpha value is -2.71. The van der Waals surface area contributed by atoms with Crippen LogP contribution in [0, 0.1) is 10.1 Å². The summed E-state index contributed by atoms with van der Waals surface area (Å²) in [7, 11) is -2.28. The molecule has 2 aromatic carbocycles. The summed E-state index contributed by atoms with van der Waals surface area (Å²) < 4.78 is 31.7. The van der Waals surface area contributed by atoms with Crippen LogP contribution < -0.4 is 4.74 Å². The Kier molecular flexibility index (Phi) is 5.89. The summed E-state index contributed by atoms with van der Waals surface area (Å²) in [4.78, 5) is 10.1. The van der Waals surface area contributed by atoms with Gasteiger partial charge in [-0.3, -0.25) is 10.1 Å². The largest absolute Gasteiger partial charge is 0.490 e. The van der Waals surface area contributed by atoms with Gasteiger partial charge in [0.2, 0.25) is 10.0 Å². The molecule has 0 fully saturated rings. The van der Waals surface area contributed by atoms with E-state index in [-0.39, 0.29) is 17.1 Å². The molecule has 0 aliphatic heterocycles. The van der Waals surface area contributed by atoms with Crippen molar-refractivity contribution in [1.82, 2.24) is 4.31 Å². The first-order valence-corrected chi connectivity index (χ1v) is 8.82. The van der Waals surface area contributed by atoms with E-state index >= 15 is 0 Å². The number of benzene rings is 2. The Morgan fingerprint density at radius 1 is 1.16 bits per heavy atom. The normalized spacial score (nSPS) is 11.3. The van der Waals surface area contributed by atoms with Gasteiger partial charge in [-0.25, -0.2) is 8.42 Å². The van der Waals surface area contributed by atoms with Gasteiger partial charge in [0, 0.05) is 25.7 Å². The lowest BCUT2D eigenvalue weighted by molar-refractivity contribution is -0.384. The molecule has 2 aromatic rings. The van der Waals surface area contributed by atoms with E-state index in [2.05, 4.69) is 6.58 Å². The van der Waals surface area contributed by atoms with Gasteiger partial charge in [-0.1, -0.05) is 24.8 Å². The van der Waals surface area contributed by atoms with Crippen LogP contribution in [0.3, 0.4) is 0 Å². The van der Waals surface area contributed by atoms with E-state index in [0.29, 0.717) is 12.4 Å². The maximum atomic E-state index is 12.5. The molecule has 0 heterocycles. The van der Waals surface area contributed by atoms with Gasteiger partial charge in [-0.2, -0.15) is 4.31 Å².